The molecule has 0 spiro atoms. The van der Waals surface area contributed by atoms with Gasteiger partial charge in [0.1, 0.15) is 0 Å². The van der Waals surface area contributed by atoms with E-state index in [2.05, 4.69) is 44.0 Å². The fourth-order valence-corrected chi connectivity index (χ4v) is 2.92. The molecular formula is C15H28N2. The van der Waals surface area contributed by atoms with Crippen molar-refractivity contribution in [2.24, 2.45) is 5.92 Å². The Bertz CT molecular complexity index is 289. The molecule has 1 N–H and O–H groups in total. The normalized spacial score (nSPS) is 35.4. The summed E-state index contributed by atoms with van der Waals surface area (Å²) in [5.41, 5.74) is 1.79. The van der Waals surface area contributed by atoms with E-state index in [4.69, 9.17) is 0 Å². The molecular weight excluding hydrogens is 208 g/mol. The smallest absolute Gasteiger partial charge is 0.0308 e. The number of hydrogen-bond acceptors (Lipinski definition) is 2. The molecule has 1 saturated heterocycles. The Labute approximate surface area is 106 Å². The van der Waals surface area contributed by atoms with Crippen LogP contribution in [0.1, 0.15) is 47.0 Å². The Morgan fingerprint density at radius 2 is 2.06 bits per heavy atom. The van der Waals surface area contributed by atoms with Crippen molar-refractivity contribution in [2.45, 2.75) is 58.5 Å². The standard InChI is InChI=1S/C15H28N2/c1-12(2)8-10-17-11-15(4,14-5-6-14)16-9-7-13(17)3/h8,13-14,16H,5-7,9-11H2,1-4H3. The molecule has 1 saturated carbocycles. The molecule has 2 unspecified atom stereocenters. The van der Waals surface area contributed by atoms with Crippen molar-refractivity contribution >= 4 is 0 Å². The molecule has 0 aromatic carbocycles. The molecule has 1 aliphatic heterocycles. The number of nitrogens with zero attached hydrogens (tertiary/aromatic N) is 1. The van der Waals surface area contributed by atoms with Gasteiger partial charge < -0.3 is 5.32 Å². The largest absolute Gasteiger partial charge is 0.310 e. The predicted octanol–water partition coefficient (Wildman–Crippen LogP) is 2.81. The molecule has 2 rings (SSSR count). The molecule has 0 aromatic rings. The van der Waals surface area contributed by atoms with Gasteiger partial charge >= 0.3 is 0 Å². The van der Waals surface area contributed by atoms with Gasteiger partial charge in [0.2, 0.25) is 0 Å². The summed E-state index contributed by atoms with van der Waals surface area (Å²) < 4.78 is 0. The van der Waals surface area contributed by atoms with E-state index in [0.717, 1.165) is 12.5 Å². The quantitative estimate of drug-likeness (QED) is 0.758. The topological polar surface area (TPSA) is 15.3 Å². The maximum Gasteiger partial charge on any atom is 0.0308 e. The van der Waals surface area contributed by atoms with Crippen molar-refractivity contribution in [1.29, 1.82) is 0 Å². The van der Waals surface area contributed by atoms with Crippen molar-refractivity contribution in [3.05, 3.63) is 11.6 Å². The first kappa shape index (κ1) is 13.1. The predicted molar refractivity (Wildman–Crippen MR) is 74.2 cm³/mol. The van der Waals surface area contributed by atoms with E-state index < -0.39 is 0 Å². The van der Waals surface area contributed by atoms with Crippen molar-refractivity contribution in [1.82, 2.24) is 10.2 Å². The first-order chi connectivity index (χ1) is 8.01. The highest BCUT2D eigenvalue weighted by molar-refractivity contribution is 5.04. The maximum atomic E-state index is 3.81. The highest BCUT2D eigenvalue weighted by Crippen LogP contribution is 2.40. The van der Waals surface area contributed by atoms with Gasteiger partial charge in [-0.05, 0) is 59.4 Å². The highest BCUT2D eigenvalue weighted by Gasteiger charge is 2.43. The van der Waals surface area contributed by atoms with Crippen molar-refractivity contribution < 1.29 is 0 Å². The Morgan fingerprint density at radius 3 is 2.65 bits per heavy atom. The Balaban J connectivity index is 2.03. The zero-order valence-corrected chi connectivity index (χ0v) is 11.9. The van der Waals surface area contributed by atoms with Crippen molar-refractivity contribution in [2.75, 3.05) is 19.6 Å². The van der Waals surface area contributed by atoms with Gasteiger partial charge in [-0.1, -0.05) is 11.6 Å². The number of rotatable bonds is 3. The van der Waals surface area contributed by atoms with Gasteiger partial charge in [-0.25, -0.2) is 0 Å². The summed E-state index contributed by atoms with van der Waals surface area (Å²) in [4.78, 5) is 2.66. The SMILES string of the molecule is CC(C)=CCN1CC(C)(C2CC2)NCCC1C. The molecule has 1 aliphatic carbocycles. The van der Waals surface area contributed by atoms with Crippen molar-refractivity contribution in [3.8, 4) is 0 Å². The maximum absolute atomic E-state index is 3.81. The lowest BCUT2D eigenvalue weighted by Gasteiger charge is -2.35. The third kappa shape index (κ3) is 3.32. The molecule has 2 heteroatoms. The fraction of sp³-hybridized carbons (Fsp3) is 0.867. The number of hydrogen-bond donors (Lipinski definition) is 1. The second-order valence-electron chi connectivity index (χ2n) is 6.47. The lowest BCUT2D eigenvalue weighted by molar-refractivity contribution is 0.178. The van der Waals surface area contributed by atoms with Crippen LogP contribution in [0.15, 0.2) is 11.6 Å². The Morgan fingerprint density at radius 1 is 1.35 bits per heavy atom. The molecule has 0 bridgehead atoms. The minimum Gasteiger partial charge on any atom is -0.310 e. The van der Waals surface area contributed by atoms with Crippen LogP contribution in [0.2, 0.25) is 0 Å². The lowest BCUT2D eigenvalue weighted by atomic mass is 9.95. The van der Waals surface area contributed by atoms with Crippen LogP contribution in [0.4, 0.5) is 0 Å². The highest BCUT2D eigenvalue weighted by atomic mass is 15.2. The van der Waals surface area contributed by atoms with E-state index in [1.165, 1.54) is 37.9 Å². The fourth-order valence-electron chi connectivity index (χ4n) is 2.92. The monoisotopic (exact) mass is 236 g/mol. The third-order valence-corrected chi connectivity index (χ3v) is 4.46. The first-order valence-electron chi connectivity index (χ1n) is 7.14. The first-order valence-corrected chi connectivity index (χ1v) is 7.14. The molecule has 17 heavy (non-hydrogen) atoms. The zero-order chi connectivity index (χ0) is 12.5. The minimum absolute atomic E-state index is 0.361. The molecule has 2 aliphatic rings. The Kier molecular flexibility index (Phi) is 3.94. The number of allylic oxidation sites excluding steroid dienone is 1. The molecule has 2 fully saturated rings. The zero-order valence-electron chi connectivity index (χ0n) is 11.9. The molecule has 0 amide bonds. The molecule has 2 atom stereocenters. The van der Waals surface area contributed by atoms with Crippen LogP contribution in [-0.2, 0) is 0 Å². The average Bonchev–Trinajstić information content (AvgIpc) is 3.06. The van der Waals surface area contributed by atoms with Gasteiger partial charge in [0.05, 0.1) is 0 Å². The third-order valence-electron chi connectivity index (χ3n) is 4.46. The van der Waals surface area contributed by atoms with E-state index in [9.17, 15) is 0 Å². The van der Waals surface area contributed by atoms with Gasteiger partial charge in [-0.2, -0.15) is 0 Å². The summed E-state index contributed by atoms with van der Waals surface area (Å²) in [6.07, 6.45) is 6.50. The van der Waals surface area contributed by atoms with E-state index in [-0.39, 0.29) is 0 Å². The van der Waals surface area contributed by atoms with E-state index in [1.54, 1.807) is 0 Å². The van der Waals surface area contributed by atoms with E-state index >= 15 is 0 Å². The van der Waals surface area contributed by atoms with Crippen LogP contribution in [0, 0.1) is 5.92 Å². The van der Waals surface area contributed by atoms with Crippen LogP contribution in [0.5, 0.6) is 0 Å². The van der Waals surface area contributed by atoms with Gasteiger partial charge in [0.15, 0.2) is 0 Å². The van der Waals surface area contributed by atoms with E-state index in [1.807, 2.05) is 0 Å². The summed E-state index contributed by atoms with van der Waals surface area (Å²) >= 11 is 0. The minimum atomic E-state index is 0.361. The number of nitrogens with one attached hydrogen (secondary N) is 1. The summed E-state index contributed by atoms with van der Waals surface area (Å²) in [6.45, 7) is 12.7. The van der Waals surface area contributed by atoms with Gasteiger partial charge in [0.25, 0.3) is 0 Å². The molecule has 98 valence electrons. The summed E-state index contributed by atoms with van der Waals surface area (Å²) in [5, 5.41) is 3.81. The van der Waals surface area contributed by atoms with E-state index in [0.29, 0.717) is 11.6 Å². The molecule has 0 radical (unpaired) electrons. The summed E-state index contributed by atoms with van der Waals surface area (Å²) in [5.74, 6) is 0.919. The second kappa shape index (κ2) is 5.11. The second-order valence-corrected chi connectivity index (χ2v) is 6.47. The summed E-state index contributed by atoms with van der Waals surface area (Å²) in [6, 6.07) is 0.707. The van der Waals surface area contributed by atoms with Gasteiger partial charge in [0, 0.05) is 24.7 Å². The van der Waals surface area contributed by atoms with Crippen LogP contribution >= 0.6 is 0 Å². The average molecular weight is 236 g/mol. The lowest BCUT2D eigenvalue weighted by Crippen LogP contribution is -2.51. The van der Waals surface area contributed by atoms with Crippen LogP contribution in [0.25, 0.3) is 0 Å². The van der Waals surface area contributed by atoms with Crippen LogP contribution in [0.3, 0.4) is 0 Å². The molecule has 1 heterocycles. The molecule has 2 nitrogen and oxygen atoms in total. The van der Waals surface area contributed by atoms with Gasteiger partial charge in [-0.3, -0.25) is 4.90 Å². The van der Waals surface area contributed by atoms with Crippen LogP contribution in [-0.4, -0.2) is 36.1 Å². The van der Waals surface area contributed by atoms with Crippen molar-refractivity contribution in [3.63, 3.8) is 0 Å². The van der Waals surface area contributed by atoms with Crippen LogP contribution < -0.4 is 5.32 Å². The Hall–Kier alpha value is -0.340. The molecule has 0 aromatic heterocycles. The summed E-state index contributed by atoms with van der Waals surface area (Å²) in [7, 11) is 0. The van der Waals surface area contributed by atoms with Gasteiger partial charge in [-0.15, -0.1) is 0 Å².